The van der Waals surface area contributed by atoms with E-state index in [4.69, 9.17) is 11.6 Å². The van der Waals surface area contributed by atoms with Crippen molar-refractivity contribution in [3.05, 3.63) is 76.1 Å². The second kappa shape index (κ2) is 8.99. The minimum Gasteiger partial charge on any atom is -0.352 e. The molecule has 3 aromatic rings. The van der Waals surface area contributed by atoms with Gasteiger partial charge in [0.15, 0.2) is 0 Å². The maximum absolute atomic E-state index is 12.5. The van der Waals surface area contributed by atoms with Crippen molar-refractivity contribution < 1.29 is 13.2 Å². The smallest absolute Gasteiger partial charge is 0.240 e. The van der Waals surface area contributed by atoms with Gasteiger partial charge in [-0.2, -0.15) is 5.10 Å². The number of nitrogens with one attached hydrogen (secondary N) is 2. The second-order valence-electron chi connectivity index (χ2n) is 6.84. The first-order valence-corrected chi connectivity index (χ1v) is 11.2. The summed E-state index contributed by atoms with van der Waals surface area (Å²) in [6.07, 6.45) is 0.206. The monoisotopic (exact) mass is 446 g/mol. The van der Waals surface area contributed by atoms with Crippen LogP contribution in [0, 0.1) is 13.8 Å². The van der Waals surface area contributed by atoms with Crippen molar-refractivity contribution in [2.75, 3.05) is 7.05 Å². The number of carbonyl (C=O) groups excluding carboxylic acids is 1. The number of benzene rings is 2. The molecule has 7 nitrogen and oxygen atoms in total. The van der Waals surface area contributed by atoms with Gasteiger partial charge < -0.3 is 5.32 Å². The zero-order chi connectivity index (χ0) is 21.9. The Hall–Kier alpha value is -2.68. The van der Waals surface area contributed by atoms with E-state index in [1.165, 1.54) is 19.2 Å². The molecule has 0 radical (unpaired) electrons. The summed E-state index contributed by atoms with van der Waals surface area (Å²) in [4.78, 5) is 12.7. The number of hydrogen-bond acceptors (Lipinski definition) is 4. The van der Waals surface area contributed by atoms with Gasteiger partial charge in [0.25, 0.3) is 0 Å². The number of sulfonamides is 1. The molecule has 2 N–H and O–H groups in total. The van der Waals surface area contributed by atoms with E-state index in [0.717, 1.165) is 28.2 Å². The summed E-state index contributed by atoms with van der Waals surface area (Å²) in [6, 6.07) is 13.7. The number of aromatic nitrogens is 2. The average Bonchev–Trinajstić information content (AvgIpc) is 3.01. The molecule has 0 aliphatic rings. The topological polar surface area (TPSA) is 93.1 Å². The van der Waals surface area contributed by atoms with Crippen molar-refractivity contribution in [3.8, 4) is 5.69 Å². The SMILES string of the molecule is CNS(=O)(=O)c1ccc(CNC(=O)Cc2c(C)nn(-c3ccc(Cl)cc3)c2C)cc1. The molecule has 30 heavy (non-hydrogen) atoms. The molecule has 0 aliphatic carbocycles. The van der Waals surface area contributed by atoms with Crippen LogP contribution in [0.25, 0.3) is 5.69 Å². The number of nitrogens with zero attached hydrogens (tertiary/aromatic N) is 2. The van der Waals surface area contributed by atoms with E-state index in [2.05, 4.69) is 15.1 Å². The Morgan fingerprint density at radius 2 is 1.70 bits per heavy atom. The van der Waals surface area contributed by atoms with E-state index in [-0.39, 0.29) is 17.2 Å². The molecule has 0 aliphatic heterocycles. The lowest BCUT2D eigenvalue weighted by Crippen LogP contribution is -2.25. The normalized spacial score (nSPS) is 11.5. The number of aryl methyl sites for hydroxylation is 1. The first-order valence-electron chi connectivity index (χ1n) is 9.31. The van der Waals surface area contributed by atoms with Gasteiger partial charge in [0.2, 0.25) is 15.9 Å². The Morgan fingerprint density at radius 1 is 1.07 bits per heavy atom. The van der Waals surface area contributed by atoms with E-state index in [1.807, 2.05) is 26.0 Å². The van der Waals surface area contributed by atoms with Crippen LogP contribution in [0.5, 0.6) is 0 Å². The van der Waals surface area contributed by atoms with E-state index in [9.17, 15) is 13.2 Å². The lowest BCUT2D eigenvalue weighted by molar-refractivity contribution is -0.120. The first-order chi connectivity index (χ1) is 14.2. The van der Waals surface area contributed by atoms with Crippen LogP contribution in [-0.4, -0.2) is 31.2 Å². The molecular formula is C21H23ClN4O3S. The Balaban J connectivity index is 1.66. The summed E-state index contributed by atoms with van der Waals surface area (Å²) < 4.78 is 27.6. The average molecular weight is 447 g/mol. The van der Waals surface area contributed by atoms with Crippen LogP contribution in [-0.2, 0) is 27.8 Å². The van der Waals surface area contributed by atoms with Gasteiger partial charge in [-0.25, -0.2) is 17.8 Å². The fourth-order valence-corrected chi connectivity index (χ4v) is 3.95. The van der Waals surface area contributed by atoms with E-state index >= 15 is 0 Å². The van der Waals surface area contributed by atoms with E-state index in [0.29, 0.717) is 11.6 Å². The predicted molar refractivity (Wildman–Crippen MR) is 116 cm³/mol. The maximum Gasteiger partial charge on any atom is 0.240 e. The van der Waals surface area contributed by atoms with Crippen molar-refractivity contribution in [1.29, 1.82) is 0 Å². The van der Waals surface area contributed by atoms with Gasteiger partial charge in [-0.3, -0.25) is 4.79 Å². The number of amides is 1. The molecule has 0 saturated carbocycles. The van der Waals surface area contributed by atoms with Crippen molar-refractivity contribution in [2.24, 2.45) is 0 Å². The van der Waals surface area contributed by atoms with Crippen LogP contribution < -0.4 is 10.0 Å². The number of carbonyl (C=O) groups is 1. The largest absolute Gasteiger partial charge is 0.352 e. The highest BCUT2D eigenvalue weighted by Crippen LogP contribution is 2.20. The Morgan fingerprint density at radius 3 is 2.30 bits per heavy atom. The number of rotatable bonds is 7. The molecule has 9 heteroatoms. The zero-order valence-electron chi connectivity index (χ0n) is 16.9. The van der Waals surface area contributed by atoms with Crippen LogP contribution in [0.2, 0.25) is 5.02 Å². The van der Waals surface area contributed by atoms with Gasteiger partial charge in [0.05, 0.1) is 22.7 Å². The lowest BCUT2D eigenvalue weighted by Gasteiger charge is -2.08. The van der Waals surface area contributed by atoms with Crippen LogP contribution in [0.15, 0.2) is 53.4 Å². The maximum atomic E-state index is 12.5. The highest BCUT2D eigenvalue weighted by molar-refractivity contribution is 7.89. The van der Waals surface area contributed by atoms with Gasteiger partial charge in [-0.1, -0.05) is 23.7 Å². The molecule has 0 spiro atoms. The third-order valence-electron chi connectivity index (χ3n) is 4.84. The summed E-state index contributed by atoms with van der Waals surface area (Å²) >= 11 is 5.95. The van der Waals surface area contributed by atoms with Gasteiger partial charge in [0, 0.05) is 22.8 Å². The first kappa shape index (κ1) is 22.0. The Kier molecular flexibility index (Phi) is 6.60. The van der Waals surface area contributed by atoms with Crippen molar-refractivity contribution in [3.63, 3.8) is 0 Å². The fourth-order valence-electron chi connectivity index (χ4n) is 3.09. The van der Waals surface area contributed by atoms with Crippen LogP contribution >= 0.6 is 11.6 Å². The van der Waals surface area contributed by atoms with Crippen LogP contribution in [0.1, 0.15) is 22.5 Å². The third kappa shape index (κ3) is 4.89. The molecule has 3 rings (SSSR count). The highest BCUT2D eigenvalue weighted by atomic mass is 35.5. The standard InChI is InChI=1S/C21H23ClN4O3S/c1-14-20(15(2)26(25-14)18-8-6-17(22)7-9-18)12-21(27)24-13-16-4-10-19(11-5-16)30(28,29)23-3/h4-11,23H,12-13H2,1-3H3,(H,24,27). The minimum absolute atomic E-state index is 0.135. The van der Waals surface area contributed by atoms with Crippen molar-refractivity contribution in [2.45, 2.75) is 31.7 Å². The summed E-state index contributed by atoms with van der Waals surface area (Å²) in [6.45, 7) is 4.11. The third-order valence-corrected chi connectivity index (χ3v) is 6.52. The van der Waals surface area contributed by atoms with Crippen LogP contribution in [0.3, 0.4) is 0 Å². The molecule has 0 fully saturated rings. The van der Waals surface area contributed by atoms with Crippen molar-refractivity contribution >= 4 is 27.5 Å². The van der Waals surface area contributed by atoms with Crippen LogP contribution in [0.4, 0.5) is 0 Å². The molecule has 0 bridgehead atoms. The van der Waals surface area contributed by atoms with E-state index in [1.54, 1.807) is 28.9 Å². The van der Waals surface area contributed by atoms with Gasteiger partial charge in [-0.05, 0) is 62.9 Å². The molecule has 0 atom stereocenters. The molecule has 0 unspecified atom stereocenters. The fraction of sp³-hybridized carbons (Fsp3) is 0.238. The second-order valence-corrected chi connectivity index (χ2v) is 9.17. The Labute approximate surface area is 181 Å². The zero-order valence-corrected chi connectivity index (χ0v) is 18.5. The molecule has 1 amide bonds. The molecule has 158 valence electrons. The van der Waals surface area contributed by atoms with Gasteiger partial charge >= 0.3 is 0 Å². The Bertz CT molecular complexity index is 1150. The number of hydrogen-bond donors (Lipinski definition) is 2. The molecule has 1 heterocycles. The van der Waals surface area contributed by atoms with Gasteiger partial charge in [0.1, 0.15) is 0 Å². The lowest BCUT2D eigenvalue weighted by atomic mass is 10.1. The van der Waals surface area contributed by atoms with E-state index < -0.39 is 10.0 Å². The summed E-state index contributed by atoms with van der Waals surface area (Å²) in [5, 5.41) is 8.07. The summed E-state index contributed by atoms with van der Waals surface area (Å²) in [7, 11) is -2.11. The summed E-state index contributed by atoms with van der Waals surface area (Å²) in [5.74, 6) is -0.135. The highest BCUT2D eigenvalue weighted by Gasteiger charge is 2.16. The molecule has 2 aromatic carbocycles. The number of halogens is 1. The predicted octanol–water partition coefficient (Wildman–Crippen LogP) is 2.91. The quantitative estimate of drug-likeness (QED) is 0.583. The molecule has 0 saturated heterocycles. The molecule has 1 aromatic heterocycles. The molecular weight excluding hydrogens is 424 g/mol. The van der Waals surface area contributed by atoms with Crippen molar-refractivity contribution in [1.82, 2.24) is 19.8 Å². The minimum atomic E-state index is -3.47. The van der Waals surface area contributed by atoms with Gasteiger partial charge in [-0.15, -0.1) is 0 Å². The summed E-state index contributed by atoms with van der Waals surface area (Å²) in [5.41, 5.74) is 4.25.